The molecule has 1 aliphatic rings. The largest absolute Gasteiger partial charge is 0.275 e. The standard InChI is InChI=1S/C16H22ClNO2S/c1-13-8-10-15(11-9-13)21(19,20)18(2)12-16(17)14-6-4-3-5-7-14/h8-12,14H,3-7H2,1-2H3/b16-12-. The van der Waals surface area contributed by atoms with Gasteiger partial charge in [-0.05, 0) is 37.8 Å². The molecule has 0 saturated heterocycles. The number of allylic oxidation sites excluding steroid dienone is 1. The Bertz CT molecular complexity index is 602. The molecular weight excluding hydrogens is 306 g/mol. The van der Waals surface area contributed by atoms with Crippen molar-refractivity contribution in [3.05, 3.63) is 41.1 Å². The Hall–Kier alpha value is -1.00. The van der Waals surface area contributed by atoms with Gasteiger partial charge in [-0.2, -0.15) is 0 Å². The van der Waals surface area contributed by atoms with E-state index in [0.29, 0.717) is 15.8 Å². The zero-order chi connectivity index (χ0) is 15.5. The zero-order valence-corrected chi connectivity index (χ0v) is 14.1. The molecule has 0 aliphatic heterocycles. The van der Waals surface area contributed by atoms with Gasteiger partial charge in [0.15, 0.2) is 0 Å². The molecule has 0 bridgehead atoms. The molecule has 1 aromatic carbocycles. The first kappa shape index (κ1) is 16.4. The molecule has 0 atom stereocenters. The molecule has 0 spiro atoms. The van der Waals surface area contributed by atoms with Crippen LogP contribution in [0, 0.1) is 12.8 Å². The molecule has 21 heavy (non-hydrogen) atoms. The Morgan fingerprint density at radius 3 is 2.33 bits per heavy atom. The minimum atomic E-state index is -3.52. The van der Waals surface area contributed by atoms with Crippen molar-refractivity contribution >= 4 is 21.6 Å². The van der Waals surface area contributed by atoms with Crippen molar-refractivity contribution in [2.75, 3.05) is 7.05 Å². The third-order valence-electron chi connectivity index (χ3n) is 4.00. The third kappa shape index (κ3) is 4.01. The van der Waals surface area contributed by atoms with E-state index in [1.807, 2.05) is 6.92 Å². The molecule has 2 rings (SSSR count). The van der Waals surface area contributed by atoms with Crippen molar-refractivity contribution in [2.45, 2.75) is 43.9 Å². The van der Waals surface area contributed by atoms with Crippen LogP contribution in [-0.4, -0.2) is 19.8 Å². The molecule has 0 aromatic heterocycles. The molecular formula is C16H22ClNO2S. The lowest BCUT2D eigenvalue weighted by Gasteiger charge is -2.23. The van der Waals surface area contributed by atoms with Crippen LogP contribution in [0.25, 0.3) is 0 Å². The molecule has 0 amide bonds. The molecule has 0 radical (unpaired) electrons. The first-order chi connectivity index (χ1) is 9.91. The number of sulfonamides is 1. The van der Waals surface area contributed by atoms with Crippen molar-refractivity contribution in [3.8, 4) is 0 Å². The lowest BCUT2D eigenvalue weighted by molar-refractivity contribution is 0.410. The van der Waals surface area contributed by atoms with Crippen LogP contribution in [0.1, 0.15) is 37.7 Å². The number of benzene rings is 1. The highest BCUT2D eigenvalue weighted by Crippen LogP contribution is 2.32. The summed E-state index contributed by atoms with van der Waals surface area (Å²) in [5.74, 6) is 0.302. The van der Waals surface area contributed by atoms with Gasteiger partial charge in [-0.1, -0.05) is 48.6 Å². The highest BCUT2D eigenvalue weighted by atomic mass is 35.5. The summed E-state index contributed by atoms with van der Waals surface area (Å²) in [6, 6.07) is 6.85. The van der Waals surface area contributed by atoms with Crippen LogP contribution in [0.2, 0.25) is 0 Å². The fourth-order valence-electron chi connectivity index (χ4n) is 2.60. The summed E-state index contributed by atoms with van der Waals surface area (Å²) in [6.07, 6.45) is 7.25. The second-order valence-electron chi connectivity index (χ2n) is 5.68. The fourth-order valence-corrected chi connectivity index (χ4v) is 4.09. The van der Waals surface area contributed by atoms with Crippen LogP contribution < -0.4 is 0 Å². The molecule has 1 aliphatic carbocycles. The average Bonchev–Trinajstić information content (AvgIpc) is 2.48. The Labute approximate surface area is 132 Å². The normalized spacial score (nSPS) is 17.8. The van der Waals surface area contributed by atoms with E-state index in [9.17, 15) is 8.42 Å². The number of rotatable bonds is 4. The maximum atomic E-state index is 12.5. The Kier molecular flexibility index (Phi) is 5.33. The molecule has 3 nitrogen and oxygen atoms in total. The summed E-state index contributed by atoms with van der Waals surface area (Å²) in [5.41, 5.74) is 1.03. The van der Waals surface area contributed by atoms with Gasteiger partial charge in [0.1, 0.15) is 0 Å². The van der Waals surface area contributed by atoms with E-state index >= 15 is 0 Å². The smallest absolute Gasteiger partial charge is 0.263 e. The van der Waals surface area contributed by atoms with Gasteiger partial charge in [-0.25, -0.2) is 8.42 Å². The molecule has 116 valence electrons. The number of hydrogen-bond acceptors (Lipinski definition) is 2. The second-order valence-corrected chi connectivity index (χ2v) is 8.12. The lowest BCUT2D eigenvalue weighted by Crippen LogP contribution is -2.22. The highest BCUT2D eigenvalue weighted by Gasteiger charge is 2.21. The van der Waals surface area contributed by atoms with E-state index in [0.717, 1.165) is 18.4 Å². The van der Waals surface area contributed by atoms with Crippen LogP contribution in [-0.2, 0) is 10.0 Å². The van der Waals surface area contributed by atoms with Gasteiger partial charge < -0.3 is 0 Å². The summed E-state index contributed by atoms with van der Waals surface area (Å²) in [7, 11) is -1.97. The van der Waals surface area contributed by atoms with Crippen LogP contribution >= 0.6 is 11.6 Å². The van der Waals surface area contributed by atoms with Crippen molar-refractivity contribution in [3.63, 3.8) is 0 Å². The van der Waals surface area contributed by atoms with E-state index in [2.05, 4.69) is 0 Å². The molecule has 0 N–H and O–H groups in total. The van der Waals surface area contributed by atoms with Gasteiger partial charge in [0.05, 0.1) is 4.90 Å². The molecule has 0 unspecified atom stereocenters. The Morgan fingerprint density at radius 1 is 1.19 bits per heavy atom. The summed E-state index contributed by atoms with van der Waals surface area (Å²) < 4.78 is 26.2. The summed E-state index contributed by atoms with van der Waals surface area (Å²) in [6.45, 7) is 1.93. The minimum absolute atomic E-state index is 0.292. The van der Waals surface area contributed by atoms with E-state index in [4.69, 9.17) is 11.6 Å². The van der Waals surface area contributed by atoms with Gasteiger partial charge in [0, 0.05) is 18.3 Å². The molecule has 1 aromatic rings. The second kappa shape index (κ2) is 6.84. The Balaban J connectivity index is 2.17. The predicted molar refractivity (Wildman–Crippen MR) is 86.6 cm³/mol. The molecule has 1 saturated carbocycles. The lowest BCUT2D eigenvalue weighted by atomic mass is 9.89. The van der Waals surface area contributed by atoms with E-state index in [-0.39, 0.29) is 0 Å². The van der Waals surface area contributed by atoms with E-state index in [1.54, 1.807) is 37.5 Å². The fraction of sp³-hybridized carbons (Fsp3) is 0.500. The first-order valence-electron chi connectivity index (χ1n) is 7.33. The van der Waals surface area contributed by atoms with Crippen LogP contribution in [0.15, 0.2) is 40.4 Å². The average molecular weight is 328 g/mol. The van der Waals surface area contributed by atoms with Gasteiger partial charge in [-0.3, -0.25) is 4.31 Å². The number of hydrogen-bond donors (Lipinski definition) is 0. The minimum Gasteiger partial charge on any atom is -0.275 e. The van der Waals surface area contributed by atoms with Crippen LogP contribution in [0.3, 0.4) is 0 Å². The van der Waals surface area contributed by atoms with Crippen LogP contribution in [0.4, 0.5) is 0 Å². The van der Waals surface area contributed by atoms with E-state index < -0.39 is 10.0 Å². The molecule has 0 heterocycles. The quantitative estimate of drug-likeness (QED) is 0.828. The third-order valence-corrected chi connectivity index (χ3v) is 6.14. The number of aryl methyl sites for hydroxylation is 1. The van der Waals surface area contributed by atoms with Crippen molar-refractivity contribution < 1.29 is 8.42 Å². The topological polar surface area (TPSA) is 37.4 Å². The predicted octanol–water partition coefficient (Wildman–Crippen LogP) is 4.28. The zero-order valence-electron chi connectivity index (χ0n) is 12.5. The van der Waals surface area contributed by atoms with Crippen molar-refractivity contribution in [1.29, 1.82) is 0 Å². The van der Waals surface area contributed by atoms with Crippen LogP contribution in [0.5, 0.6) is 0 Å². The van der Waals surface area contributed by atoms with Gasteiger partial charge in [0.2, 0.25) is 0 Å². The van der Waals surface area contributed by atoms with Crippen molar-refractivity contribution in [2.24, 2.45) is 5.92 Å². The SMILES string of the molecule is Cc1ccc(S(=O)(=O)N(C)/C=C(\Cl)C2CCCCC2)cc1. The van der Waals surface area contributed by atoms with Gasteiger partial charge >= 0.3 is 0 Å². The maximum Gasteiger partial charge on any atom is 0.263 e. The highest BCUT2D eigenvalue weighted by molar-refractivity contribution is 7.89. The van der Waals surface area contributed by atoms with E-state index in [1.165, 1.54) is 23.6 Å². The molecule has 5 heteroatoms. The number of nitrogens with zero attached hydrogens (tertiary/aromatic N) is 1. The summed E-state index contributed by atoms with van der Waals surface area (Å²) >= 11 is 6.33. The number of halogens is 1. The maximum absolute atomic E-state index is 12.5. The first-order valence-corrected chi connectivity index (χ1v) is 9.15. The monoisotopic (exact) mass is 327 g/mol. The van der Waals surface area contributed by atoms with Gasteiger partial charge in [-0.15, -0.1) is 0 Å². The van der Waals surface area contributed by atoms with Crippen molar-refractivity contribution in [1.82, 2.24) is 4.31 Å². The Morgan fingerprint density at radius 2 is 1.76 bits per heavy atom. The van der Waals surface area contributed by atoms with Gasteiger partial charge in [0.25, 0.3) is 10.0 Å². The molecule has 1 fully saturated rings. The summed E-state index contributed by atoms with van der Waals surface area (Å²) in [4.78, 5) is 0.292. The summed E-state index contributed by atoms with van der Waals surface area (Å²) in [5, 5.41) is 0.646.